The summed E-state index contributed by atoms with van der Waals surface area (Å²) >= 11 is 0. The Bertz CT molecular complexity index is 610. The molecule has 4 heterocycles. The van der Waals surface area contributed by atoms with E-state index in [1.54, 1.807) is 0 Å². The second kappa shape index (κ2) is 5.15. The number of nitrogens with zero attached hydrogens (tertiary/aromatic N) is 3. The third kappa shape index (κ3) is 2.53. The van der Waals surface area contributed by atoms with Gasteiger partial charge in [0.2, 0.25) is 0 Å². The smallest absolute Gasteiger partial charge is 0.181 e. The van der Waals surface area contributed by atoms with Crippen molar-refractivity contribution in [3.8, 4) is 11.4 Å². The van der Waals surface area contributed by atoms with E-state index in [1.807, 2.05) is 6.92 Å². The van der Waals surface area contributed by atoms with Crippen molar-refractivity contribution in [2.24, 2.45) is 5.92 Å². The zero-order valence-electron chi connectivity index (χ0n) is 12.3. The first kappa shape index (κ1) is 12.8. The summed E-state index contributed by atoms with van der Waals surface area (Å²) in [4.78, 5) is 6.94. The molecule has 3 aliphatic heterocycles. The highest BCUT2D eigenvalue weighted by molar-refractivity contribution is 5.59. The van der Waals surface area contributed by atoms with Gasteiger partial charge in [-0.15, -0.1) is 0 Å². The molecular weight excluding hydrogens is 262 g/mol. The molecule has 0 saturated carbocycles. The minimum atomic E-state index is 0.601. The first-order valence-corrected chi connectivity index (χ1v) is 7.76. The fourth-order valence-corrected chi connectivity index (χ4v) is 3.53. The lowest BCUT2D eigenvalue weighted by molar-refractivity contribution is 0.0975. The Kier molecular flexibility index (Phi) is 3.15. The number of aromatic amines is 1. The number of fused-ring (bicyclic) bond motifs is 3. The van der Waals surface area contributed by atoms with Gasteiger partial charge < -0.3 is 10.2 Å². The normalized spacial score (nSPS) is 27.8. The summed E-state index contributed by atoms with van der Waals surface area (Å²) < 4.78 is 0. The lowest BCUT2D eigenvalue weighted by atomic mass is 9.84. The summed E-state index contributed by atoms with van der Waals surface area (Å²) in [5.41, 5.74) is 2.25. The van der Waals surface area contributed by atoms with Gasteiger partial charge in [-0.05, 0) is 63.0 Å². The fraction of sp³-hybridized carbons (Fsp3) is 0.500. The molecule has 0 spiro atoms. The quantitative estimate of drug-likeness (QED) is 0.907. The summed E-state index contributed by atoms with van der Waals surface area (Å²) in [5.74, 6) is 2.45. The van der Waals surface area contributed by atoms with E-state index >= 15 is 0 Å². The third-order valence-electron chi connectivity index (χ3n) is 4.75. The number of anilines is 1. The van der Waals surface area contributed by atoms with Crippen molar-refractivity contribution in [2.75, 3.05) is 25.0 Å². The van der Waals surface area contributed by atoms with Gasteiger partial charge in [0, 0.05) is 23.8 Å². The number of H-pyrrole nitrogens is 1. The number of nitrogens with one attached hydrogen (secondary N) is 2. The van der Waals surface area contributed by atoms with Crippen LogP contribution in [0.4, 0.5) is 5.69 Å². The molecule has 1 aromatic heterocycles. The highest BCUT2D eigenvalue weighted by Crippen LogP contribution is 2.30. The maximum Gasteiger partial charge on any atom is 0.181 e. The van der Waals surface area contributed by atoms with Crippen LogP contribution in [-0.2, 0) is 0 Å². The van der Waals surface area contributed by atoms with Crippen LogP contribution in [-0.4, -0.2) is 45.8 Å². The number of aryl methyl sites for hydroxylation is 1. The minimum Gasteiger partial charge on any atom is -0.381 e. The lowest BCUT2D eigenvalue weighted by Crippen LogP contribution is -2.53. The van der Waals surface area contributed by atoms with Gasteiger partial charge in [0.25, 0.3) is 0 Å². The molecule has 3 aliphatic rings. The van der Waals surface area contributed by atoms with Crippen molar-refractivity contribution in [1.82, 2.24) is 20.1 Å². The molecule has 0 amide bonds. The molecule has 2 N–H and O–H groups in total. The Morgan fingerprint density at radius 1 is 1.19 bits per heavy atom. The summed E-state index contributed by atoms with van der Waals surface area (Å²) in [6.45, 7) is 5.67. The average molecular weight is 283 g/mol. The third-order valence-corrected chi connectivity index (χ3v) is 4.75. The van der Waals surface area contributed by atoms with Gasteiger partial charge in [-0.3, -0.25) is 5.10 Å². The first-order chi connectivity index (χ1) is 10.3. The van der Waals surface area contributed by atoms with Gasteiger partial charge in [-0.2, -0.15) is 5.10 Å². The van der Waals surface area contributed by atoms with Crippen LogP contribution in [0.5, 0.6) is 0 Å². The summed E-state index contributed by atoms with van der Waals surface area (Å²) in [6.07, 6.45) is 2.68. The molecule has 3 saturated heterocycles. The Balaban J connectivity index is 1.47. The van der Waals surface area contributed by atoms with E-state index in [0.29, 0.717) is 6.04 Å². The van der Waals surface area contributed by atoms with E-state index in [1.165, 1.54) is 38.2 Å². The largest absolute Gasteiger partial charge is 0.381 e. The zero-order chi connectivity index (χ0) is 14.2. The second-order valence-corrected chi connectivity index (χ2v) is 6.21. The zero-order valence-corrected chi connectivity index (χ0v) is 12.3. The molecule has 2 aromatic rings. The Morgan fingerprint density at radius 2 is 1.95 bits per heavy atom. The molecule has 0 aliphatic carbocycles. The number of piperidine rings is 3. The van der Waals surface area contributed by atoms with Crippen molar-refractivity contribution in [1.29, 1.82) is 0 Å². The van der Waals surface area contributed by atoms with Crippen LogP contribution in [0.15, 0.2) is 24.3 Å². The molecular formula is C16H21N5. The summed E-state index contributed by atoms with van der Waals surface area (Å²) in [5, 5.41) is 10.8. The molecule has 0 radical (unpaired) electrons. The molecule has 1 atom stereocenters. The predicted octanol–water partition coefficient (Wildman–Crippen LogP) is 2.29. The maximum atomic E-state index is 4.36. The number of rotatable bonds is 3. The summed E-state index contributed by atoms with van der Waals surface area (Å²) in [7, 11) is 0. The van der Waals surface area contributed by atoms with Crippen molar-refractivity contribution in [2.45, 2.75) is 25.8 Å². The van der Waals surface area contributed by atoms with Crippen LogP contribution in [0.1, 0.15) is 18.7 Å². The highest BCUT2D eigenvalue weighted by Gasteiger charge is 2.33. The standard InChI is InChI=1S/C16H21N5/c1-11-17-16(20-19-11)13-2-4-14(5-3-13)18-15-10-21-8-6-12(15)7-9-21/h2-5,12,15,18H,6-10H2,1H3,(H,17,19,20)/t15-/m0/s1. The summed E-state index contributed by atoms with van der Waals surface area (Å²) in [6, 6.07) is 9.06. The minimum absolute atomic E-state index is 0.601. The molecule has 2 bridgehead atoms. The first-order valence-electron chi connectivity index (χ1n) is 7.76. The molecule has 5 heteroatoms. The van der Waals surface area contributed by atoms with Gasteiger partial charge >= 0.3 is 0 Å². The van der Waals surface area contributed by atoms with E-state index in [2.05, 4.69) is 49.7 Å². The molecule has 1 aromatic carbocycles. The SMILES string of the molecule is Cc1nc(-c2ccc(N[C@H]3CN4CCC3CC4)cc2)n[nH]1. The topological polar surface area (TPSA) is 56.8 Å². The van der Waals surface area contributed by atoms with E-state index in [4.69, 9.17) is 0 Å². The van der Waals surface area contributed by atoms with E-state index < -0.39 is 0 Å². The van der Waals surface area contributed by atoms with Crippen LogP contribution in [0, 0.1) is 12.8 Å². The van der Waals surface area contributed by atoms with Crippen molar-refractivity contribution in [3.05, 3.63) is 30.1 Å². The number of aromatic nitrogens is 3. The van der Waals surface area contributed by atoms with Crippen LogP contribution >= 0.6 is 0 Å². The molecule has 5 rings (SSSR count). The van der Waals surface area contributed by atoms with Crippen molar-refractivity contribution >= 4 is 5.69 Å². The van der Waals surface area contributed by atoms with Gasteiger partial charge in [0.15, 0.2) is 5.82 Å². The highest BCUT2D eigenvalue weighted by atomic mass is 15.2. The van der Waals surface area contributed by atoms with E-state index in [0.717, 1.165) is 23.1 Å². The average Bonchev–Trinajstić information content (AvgIpc) is 2.96. The molecule has 5 nitrogen and oxygen atoms in total. The van der Waals surface area contributed by atoms with Crippen LogP contribution in [0.2, 0.25) is 0 Å². The molecule has 3 fully saturated rings. The molecule has 21 heavy (non-hydrogen) atoms. The second-order valence-electron chi connectivity index (χ2n) is 6.21. The van der Waals surface area contributed by atoms with Crippen LogP contribution in [0.3, 0.4) is 0 Å². The Hall–Kier alpha value is -1.88. The predicted molar refractivity (Wildman–Crippen MR) is 83.1 cm³/mol. The fourth-order valence-electron chi connectivity index (χ4n) is 3.53. The number of benzene rings is 1. The van der Waals surface area contributed by atoms with Crippen LogP contribution in [0.25, 0.3) is 11.4 Å². The Labute approximate surface area is 124 Å². The van der Waals surface area contributed by atoms with E-state index in [-0.39, 0.29) is 0 Å². The Morgan fingerprint density at radius 3 is 2.52 bits per heavy atom. The maximum absolute atomic E-state index is 4.36. The van der Waals surface area contributed by atoms with Gasteiger partial charge in [-0.25, -0.2) is 4.98 Å². The van der Waals surface area contributed by atoms with Gasteiger partial charge in [0.1, 0.15) is 5.82 Å². The number of hydrogen-bond acceptors (Lipinski definition) is 4. The number of hydrogen-bond donors (Lipinski definition) is 2. The monoisotopic (exact) mass is 283 g/mol. The van der Waals surface area contributed by atoms with Gasteiger partial charge in [0.05, 0.1) is 0 Å². The van der Waals surface area contributed by atoms with E-state index in [9.17, 15) is 0 Å². The van der Waals surface area contributed by atoms with Crippen molar-refractivity contribution in [3.63, 3.8) is 0 Å². The van der Waals surface area contributed by atoms with Gasteiger partial charge in [-0.1, -0.05) is 0 Å². The lowest BCUT2D eigenvalue weighted by Gasteiger charge is -2.45. The van der Waals surface area contributed by atoms with Crippen LogP contribution < -0.4 is 5.32 Å². The van der Waals surface area contributed by atoms with Crippen molar-refractivity contribution < 1.29 is 0 Å². The molecule has 110 valence electrons. The molecule has 0 unspecified atom stereocenters.